The second-order valence-electron chi connectivity index (χ2n) is 16.8. The van der Waals surface area contributed by atoms with Crippen LogP contribution in [0, 0.1) is 0 Å². The van der Waals surface area contributed by atoms with Gasteiger partial charge < -0.3 is 55.3 Å². The lowest BCUT2D eigenvalue weighted by molar-refractivity contribution is -0.148. The first kappa shape index (κ1) is 52.0. The standard InChI is InChI=1S/C28H33N3O7.C23H25N3O5/c1-28(2,3)38-27(35)31-22(15-24(32)37-17-18-10-6-5-7-11-18)25(33)30-23(26(34)36-4)14-19-16-29-21-13-9-8-12-20(19)21;1-30-23(29)20(11-16-13-25-19-10-6-5-9-17(16)19)26-22(28)18(24)12-21(27)31-14-15-7-3-2-4-8-15/h5-13,16,22-23,29H,14-15,17H2,1-4H3,(H,30,33)(H,31,35);2-10,13,18,20,25H,11-12,14,24H2,1H3,(H,26,28)/t22-,23-;18-,20-/m00/s1. The van der Waals surface area contributed by atoms with Crippen LogP contribution in [-0.4, -0.2) is 95.7 Å². The number of ether oxygens (including phenoxy) is 5. The number of hydrogen-bond acceptors (Lipinski definition) is 13. The number of amides is 3. The van der Waals surface area contributed by atoms with Crippen molar-refractivity contribution in [2.45, 2.75) is 89.4 Å². The smallest absolute Gasteiger partial charge is 0.408 e. The van der Waals surface area contributed by atoms with E-state index in [2.05, 4.69) is 25.9 Å². The number of hydrogen-bond donors (Lipinski definition) is 6. The Labute approximate surface area is 398 Å². The first-order chi connectivity index (χ1) is 33.0. The fraction of sp³-hybridized carbons (Fsp3) is 0.314. The van der Waals surface area contributed by atoms with Crippen molar-refractivity contribution in [3.05, 3.63) is 144 Å². The van der Waals surface area contributed by atoms with Crippen molar-refractivity contribution in [2.75, 3.05) is 14.2 Å². The number of esters is 4. The van der Waals surface area contributed by atoms with E-state index in [0.717, 1.165) is 44.1 Å². The van der Waals surface area contributed by atoms with Crippen LogP contribution < -0.4 is 21.7 Å². The highest BCUT2D eigenvalue weighted by molar-refractivity contribution is 5.93. The molecule has 0 saturated carbocycles. The number of carbonyl (C=O) groups is 7. The van der Waals surface area contributed by atoms with Gasteiger partial charge in [0, 0.05) is 47.0 Å². The molecule has 4 aromatic carbocycles. The van der Waals surface area contributed by atoms with Crippen LogP contribution in [0.2, 0.25) is 0 Å². The summed E-state index contributed by atoms with van der Waals surface area (Å²) in [5, 5.41) is 9.46. The number of alkyl carbamates (subject to hydrolysis) is 1. The summed E-state index contributed by atoms with van der Waals surface area (Å²) in [5.74, 6) is -3.98. The van der Waals surface area contributed by atoms with Crippen molar-refractivity contribution in [1.82, 2.24) is 25.9 Å². The van der Waals surface area contributed by atoms with Gasteiger partial charge in [0.15, 0.2) is 0 Å². The molecule has 0 radical (unpaired) electrons. The van der Waals surface area contributed by atoms with Crippen LogP contribution in [0.15, 0.2) is 122 Å². The van der Waals surface area contributed by atoms with Gasteiger partial charge in [-0.25, -0.2) is 14.4 Å². The maximum atomic E-state index is 13.3. The second kappa shape index (κ2) is 25.2. The van der Waals surface area contributed by atoms with Gasteiger partial charge in [0.2, 0.25) is 11.8 Å². The summed E-state index contributed by atoms with van der Waals surface area (Å²) in [6.45, 7) is 5.12. The molecule has 18 heteroatoms. The lowest BCUT2D eigenvalue weighted by Crippen LogP contribution is -2.53. The number of fused-ring (bicyclic) bond motifs is 2. The molecule has 0 fully saturated rings. The second-order valence-corrected chi connectivity index (χ2v) is 16.8. The molecule has 0 saturated heterocycles. The summed E-state index contributed by atoms with van der Waals surface area (Å²) in [6, 6.07) is 28.9. The van der Waals surface area contributed by atoms with E-state index in [-0.39, 0.29) is 32.5 Å². The van der Waals surface area contributed by atoms with E-state index in [1.54, 1.807) is 45.3 Å². The number of nitrogens with one attached hydrogen (secondary N) is 5. The monoisotopic (exact) mass is 946 g/mol. The number of rotatable bonds is 19. The highest BCUT2D eigenvalue weighted by atomic mass is 16.6. The lowest BCUT2D eigenvalue weighted by atomic mass is 10.0. The molecular weight excluding hydrogens is 889 g/mol. The van der Waals surface area contributed by atoms with Crippen LogP contribution in [0.4, 0.5) is 4.79 Å². The summed E-state index contributed by atoms with van der Waals surface area (Å²) in [6.07, 6.45) is 2.21. The van der Waals surface area contributed by atoms with E-state index >= 15 is 0 Å². The van der Waals surface area contributed by atoms with Crippen LogP contribution in [0.5, 0.6) is 0 Å². The molecule has 6 aromatic rings. The van der Waals surface area contributed by atoms with E-state index in [1.165, 1.54) is 14.2 Å². The topological polar surface area (TPSA) is 259 Å². The van der Waals surface area contributed by atoms with Gasteiger partial charge in [0.05, 0.1) is 33.1 Å². The van der Waals surface area contributed by atoms with Gasteiger partial charge in [-0.05, 0) is 55.2 Å². The van der Waals surface area contributed by atoms with Crippen molar-refractivity contribution in [2.24, 2.45) is 5.73 Å². The highest BCUT2D eigenvalue weighted by Crippen LogP contribution is 2.21. The molecular formula is C51H58N6O12. The lowest BCUT2D eigenvalue weighted by Gasteiger charge is -2.24. The van der Waals surface area contributed by atoms with Gasteiger partial charge in [-0.1, -0.05) is 97.1 Å². The van der Waals surface area contributed by atoms with Crippen LogP contribution in [0.3, 0.4) is 0 Å². The van der Waals surface area contributed by atoms with Crippen LogP contribution in [0.1, 0.15) is 55.9 Å². The molecule has 364 valence electrons. The average molecular weight is 947 g/mol. The third-order valence-corrected chi connectivity index (χ3v) is 10.4. The molecule has 18 nitrogen and oxygen atoms in total. The number of aromatic amines is 2. The summed E-state index contributed by atoms with van der Waals surface area (Å²) >= 11 is 0. The van der Waals surface area contributed by atoms with Crippen molar-refractivity contribution in [3.8, 4) is 0 Å². The molecule has 69 heavy (non-hydrogen) atoms. The third-order valence-electron chi connectivity index (χ3n) is 10.4. The Hall–Kier alpha value is -7.99. The fourth-order valence-electron chi connectivity index (χ4n) is 6.95. The Morgan fingerprint density at radius 2 is 0.971 bits per heavy atom. The van der Waals surface area contributed by atoms with E-state index in [0.29, 0.717) is 0 Å². The molecule has 2 aromatic heterocycles. The van der Waals surface area contributed by atoms with Crippen molar-refractivity contribution in [3.63, 3.8) is 0 Å². The number of para-hydroxylation sites is 2. The van der Waals surface area contributed by atoms with E-state index in [1.807, 2.05) is 97.1 Å². The van der Waals surface area contributed by atoms with Gasteiger partial charge in [-0.15, -0.1) is 0 Å². The molecule has 4 atom stereocenters. The Bertz CT molecular complexity index is 2680. The molecule has 0 aliphatic carbocycles. The minimum Gasteiger partial charge on any atom is -0.467 e. The number of carbonyl (C=O) groups excluding carboxylic acids is 7. The Morgan fingerprint density at radius 1 is 0.551 bits per heavy atom. The fourth-order valence-corrected chi connectivity index (χ4v) is 6.95. The molecule has 0 unspecified atom stereocenters. The molecule has 2 heterocycles. The zero-order valence-electron chi connectivity index (χ0n) is 39.1. The summed E-state index contributed by atoms with van der Waals surface area (Å²) < 4.78 is 25.4. The molecule has 0 aliphatic rings. The Kier molecular flexibility index (Phi) is 19.0. The van der Waals surface area contributed by atoms with E-state index in [9.17, 15) is 33.6 Å². The quantitative estimate of drug-likeness (QED) is 0.0450. The van der Waals surface area contributed by atoms with Gasteiger partial charge in [-0.2, -0.15) is 0 Å². The molecule has 0 bridgehead atoms. The van der Waals surface area contributed by atoms with Crippen molar-refractivity contribution < 1.29 is 57.2 Å². The molecule has 6 rings (SSSR count). The van der Waals surface area contributed by atoms with Gasteiger partial charge >= 0.3 is 30.0 Å². The summed E-state index contributed by atoms with van der Waals surface area (Å²) in [4.78, 5) is 93.9. The zero-order chi connectivity index (χ0) is 49.9. The van der Waals surface area contributed by atoms with E-state index < -0.39 is 78.0 Å². The SMILES string of the molecule is COC(=O)[C@H](Cc1c[nH]c2ccccc12)NC(=O)[C@@H](N)CC(=O)OCc1ccccc1.COC(=O)[C@H](Cc1c[nH]c2ccccc12)NC(=O)[C@H](CC(=O)OCc1ccccc1)NC(=O)OC(C)(C)C. The summed E-state index contributed by atoms with van der Waals surface area (Å²) in [5.41, 5.74) is 10.1. The largest absolute Gasteiger partial charge is 0.467 e. The highest BCUT2D eigenvalue weighted by Gasteiger charge is 2.32. The Morgan fingerprint density at radius 3 is 1.42 bits per heavy atom. The van der Waals surface area contributed by atoms with Crippen LogP contribution in [0.25, 0.3) is 21.8 Å². The maximum Gasteiger partial charge on any atom is 0.408 e. The first-order valence-electron chi connectivity index (χ1n) is 22.0. The molecule has 0 aliphatic heterocycles. The Balaban J connectivity index is 0.000000263. The minimum atomic E-state index is -1.36. The van der Waals surface area contributed by atoms with Gasteiger partial charge in [0.1, 0.15) is 36.9 Å². The number of aromatic nitrogens is 2. The molecule has 3 amide bonds. The van der Waals surface area contributed by atoms with Crippen LogP contribution >= 0.6 is 0 Å². The number of nitrogens with two attached hydrogens (primary N) is 1. The predicted molar refractivity (Wildman–Crippen MR) is 255 cm³/mol. The van der Waals surface area contributed by atoms with Crippen molar-refractivity contribution in [1.29, 1.82) is 0 Å². The zero-order valence-corrected chi connectivity index (χ0v) is 39.1. The number of methoxy groups -OCH3 is 2. The predicted octanol–water partition coefficient (Wildman–Crippen LogP) is 5.22. The average Bonchev–Trinajstić information content (AvgIpc) is 3.95. The minimum absolute atomic E-state index is 0.00575. The normalized spacial score (nSPS) is 12.7. The summed E-state index contributed by atoms with van der Waals surface area (Å²) in [7, 11) is 2.46. The number of benzene rings is 4. The van der Waals surface area contributed by atoms with Gasteiger partial charge in [0.25, 0.3) is 0 Å². The number of H-pyrrole nitrogens is 2. The van der Waals surface area contributed by atoms with E-state index in [4.69, 9.17) is 29.4 Å². The molecule has 0 spiro atoms. The maximum absolute atomic E-state index is 13.3. The van der Waals surface area contributed by atoms with Crippen molar-refractivity contribution >= 4 is 63.6 Å². The third kappa shape index (κ3) is 16.4. The van der Waals surface area contributed by atoms with Gasteiger partial charge in [-0.3, -0.25) is 19.2 Å². The first-order valence-corrected chi connectivity index (χ1v) is 22.0. The molecule has 7 N–H and O–H groups in total. The van der Waals surface area contributed by atoms with Crippen LogP contribution in [-0.2, 0) is 78.5 Å².